The van der Waals surface area contributed by atoms with Crippen molar-refractivity contribution in [3.05, 3.63) is 30.2 Å². The third-order valence-electron chi connectivity index (χ3n) is 1.33. The molecule has 0 saturated heterocycles. The molecule has 2 rings (SSSR count). The predicted molar refractivity (Wildman–Crippen MR) is 37.8 cm³/mol. The Balaban J connectivity index is 0.000000605. The Hall–Kier alpha value is -0.233. The smallest absolute Gasteiger partial charge is 0.648 e. The summed E-state index contributed by atoms with van der Waals surface area (Å²) in [5, 5.41) is 0. The van der Waals surface area contributed by atoms with E-state index in [1.54, 1.807) is 12.1 Å². The van der Waals surface area contributed by atoms with Crippen LogP contribution in [0.2, 0.25) is 0 Å². The van der Waals surface area contributed by atoms with Crippen molar-refractivity contribution in [1.29, 1.82) is 0 Å². The second-order valence-corrected chi connectivity index (χ2v) is 3.19. The van der Waals surface area contributed by atoms with E-state index in [2.05, 4.69) is 0 Å². The van der Waals surface area contributed by atoms with E-state index in [-0.39, 0.29) is 18.9 Å². The molecule has 0 N–H and O–H groups in total. The van der Waals surface area contributed by atoms with Crippen LogP contribution < -0.4 is 23.6 Å². The van der Waals surface area contributed by atoms with Crippen molar-refractivity contribution in [2.45, 2.75) is 4.90 Å². The minimum absolute atomic E-state index is 0. The minimum atomic E-state index is -1.05. The van der Waals surface area contributed by atoms with E-state index in [0.29, 0.717) is 5.75 Å². The molecule has 4 heteroatoms. The van der Waals surface area contributed by atoms with Crippen molar-refractivity contribution in [3.63, 3.8) is 0 Å². The summed E-state index contributed by atoms with van der Waals surface area (Å²) in [5.74, 6) is 2.05. The van der Waals surface area contributed by atoms with Gasteiger partial charge < -0.3 is 4.74 Å². The van der Waals surface area contributed by atoms with Crippen molar-refractivity contribution in [3.8, 4) is 5.75 Å². The Morgan fingerprint density at radius 3 is 2.82 bits per heavy atom. The summed E-state index contributed by atoms with van der Waals surface area (Å²) in [7, 11) is -1.05. The number of rotatable bonds is 0. The molecule has 1 heterocycles. The molecule has 0 bridgehead atoms. The van der Waals surface area contributed by atoms with Crippen LogP contribution in [0.5, 0.6) is 5.75 Å². The molecule has 11 heavy (non-hydrogen) atoms. The second kappa shape index (κ2) is 3.44. The standard InChI is InChI=1S/C7H5O2S.Li/c8-10-5-9-6-3-1-2-4-7(6)10;/h1-5H;/q-1;+1. The average molecular weight is 160 g/mol. The van der Waals surface area contributed by atoms with Gasteiger partial charge in [-0.3, -0.25) is 4.21 Å². The normalized spacial score (nSPS) is 19.8. The molecule has 1 aliphatic heterocycles. The first-order chi connectivity index (χ1) is 4.88. The molecule has 1 unspecified atom stereocenters. The van der Waals surface area contributed by atoms with Crippen molar-refractivity contribution in [2.24, 2.45) is 0 Å². The minimum Gasteiger partial charge on any atom is -0.648 e. The number of benzene rings is 1. The molecule has 0 saturated carbocycles. The van der Waals surface area contributed by atoms with Crippen molar-refractivity contribution in [2.75, 3.05) is 0 Å². The molecule has 0 amide bonds. The number of hydrogen-bond donors (Lipinski definition) is 0. The Kier molecular flexibility index (Phi) is 2.77. The molecule has 0 spiro atoms. The Morgan fingerprint density at radius 1 is 1.36 bits per heavy atom. The van der Waals surface area contributed by atoms with E-state index in [0.717, 1.165) is 4.90 Å². The first-order valence-corrected chi connectivity index (χ1v) is 4.09. The molecule has 2 nitrogen and oxygen atoms in total. The van der Waals surface area contributed by atoms with Gasteiger partial charge in [-0.1, -0.05) is 28.9 Å². The Morgan fingerprint density at radius 2 is 2.09 bits per heavy atom. The summed E-state index contributed by atoms with van der Waals surface area (Å²) in [6.45, 7) is 0. The SMILES string of the molecule is O=S1[CH-]Oc2ccccc21.[Li+]. The molecular formula is C7H5LiO2S. The zero-order valence-electron chi connectivity index (χ0n) is 6.11. The first kappa shape index (κ1) is 8.86. The maximum atomic E-state index is 11.0. The molecule has 1 aliphatic rings. The summed E-state index contributed by atoms with van der Waals surface area (Å²) >= 11 is 0. The van der Waals surface area contributed by atoms with E-state index in [1.807, 2.05) is 12.1 Å². The Bertz CT molecular complexity index is 288. The monoisotopic (exact) mass is 160 g/mol. The van der Waals surface area contributed by atoms with Crippen LogP contribution in [0, 0.1) is 5.94 Å². The fourth-order valence-corrected chi connectivity index (χ4v) is 1.68. The number of hydrogen-bond acceptors (Lipinski definition) is 2. The van der Waals surface area contributed by atoms with E-state index in [1.165, 1.54) is 5.94 Å². The third kappa shape index (κ3) is 1.51. The summed E-state index contributed by atoms with van der Waals surface area (Å²) in [5.41, 5.74) is 0. The van der Waals surface area contributed by atoms with Crippen molar-refractivity contribution in [1.82, 2.24) is 0 Å². The van der Waals surface area contributed by atoms with Gasteiger partial charge in [0.05, 0.1) is 5.75 Å². The zero-order chi connectivity index (χ0) is 6.97. The fraction of sp³-hybridized carbons (Fsp3) is 0. The van der Waals surface area contributed by atoms with E-state index in [4.69, 9.17) is 4.74 Å². The van der Waals surface area contributed by atoms with Crippen LogP contribution in [0.1, 0.15) is 0 Å². The maximum Gasteiger partial charge on any atom is 1.00 e. The molecule has 0 fully saturated rings. The topological polar surface area (TPSA) is 26.3 Å². The molecule has 0 radical (unpaired) electrons. The Labute approximate surface area is 79.6 Å². The largest absolute Gasteiger partial charge is 1.00 e. The number of ether oxygens (including phenoxy) is 1. The van der Waals surface area contributed by atoms with Crippen LogP contribution in [-0.2, 0) is 10.8 Å². The molecule has 1 aromatic carbocycles. The summed E-state index contributed by atoms with van der Waals surface area (Å²) in [6, 6.07) is 7.31. The fourth-order valence-electron chi connectivity index (χ4n) is 0.861. The van der Waals surface area contributed by atoms with E-state index in [9.17, 15) is 4.21 Å². The molecule has 1 aromatic rings. The van der Waals surface area contributed by atoms with Gasteiger partial charge in [0.15, 0.2) is 0 Å². The molecule has 0 aliphatic carbocycles. The van der Waals surface area contributed by atoms with Gasteiger partial charge in [0, 0.05) is 4.90 Å². The van der Waals surface area contributed by atoms with Gasteiger partial charge in [-0.05, 0) is 12.1 Å². The molecular weight excluding hydrogens is 155 g/mol. The second-order valence-electron chi connectivity index (χ2n) is 1.96. The molecule has 0 aromatic heterocycles. The van der Waals surface area contributed by atoms with Crippen molar-refractivity contribution < 1.29 is 27.8 Å². The van der Waals surface area contributed by atoms with Gasteiger partial charge in [0.1, 0.15) is 0 Å². The van der Waals surface area contributed by atoms with E-state index < -0.39 is 10.8 Å². The average Bonchev–Trinajstić information content (AvgIpc) is 2.34. The van der Waals surface area contributed by atoms with Gasteiger partial charge in [-0.25, -0.2) is 0 Å². The van der Waals surface area contributed by atoms with Crippen LogP contribution in [0.15, 0.2) is 29.2 Å². The quantitative estimate of drug-likeness (QED) is 0.334. The van der Waals surface area contributed by atoms with Crippen LogP contribution in [0.3, 0.4) is 0 Å². The van der Waals surface area contributed by atoms with Crippen LogP contribution >= 0.6 is 0 Å². The first-order valence-electron chi connectivity index (χ1n) is 2.87. The molecule has 1 atom stereocenters. The third-order valence-corrected chi connectivity index (χ3v) is 2.37. The number of fused-ring (bicyclic) bond motifs is 1. The van der Waals surface area contributed by atoms with Gasteiger partial charge in [0.2, 0.25) is 0 Å². The predicted octanol–water partition coefficient (Wildman–Crippen LogP) is -1.69. The van der Waals surface area contributed by atoms with Crippen LogP contribution in [-0.4, -0.2) is 4.21 Å². The van der Waals surface area contributed by atoms with Crippen LogP contribution in [0.25, 0.3) is 0 Å². The zero-order valence-corrected chi connectivity index (χ0v) is 6.93. The van der Waals surface area contributed by atoms with Gasteiger partial charge in [-0.15, -0.1) is 0 Å². The van der Waals surface area contributed by atoms with Gasteiger partial charge in [-0.2, -0.15) is 0 Å². The maximum absolute atomic E-state index is 11.0. The van der Waals surface area contributed by atoms with Gasteiger partial charge in [0.25, 0.3) is 0 Å². The van der Waals surface area contributed by atoms with E-state index >= 15 is 0 Å². The van der Waals surface area contributed by atoms with Gasteiger partial charge >= 0.3 is 18.9 Å². The number of para-hydroxylation sites is 1. The summed E-state index contributed by atoms with van der Waals surface area (Å²) in [6.07, 6.45) is 0. The summed E-state index contributed by atoms with van der Waals surface area (Å²) in [4.78, 5) is 0.766. The molecule has 52 valence electrons. The summed E-state index contributed by atoms with van der Waals surface area (Å²) < 4.78 is 16.0. The van der Waals surface area contributed by atoms with Crippen molar-refractivity contribution >= 4 is 10.8 Å². The van der Waals surface area contributed by atoms with Crippen LogP contribution in [0.4, 0.5) is 0 Å².